The Labute approximate surface area is 141 Å². The van der Waals surface area contributed by atoms with E-state index in [4.69, 9.17) is 9.47 Å². The molecule has 3 heterocycles. The highest BCUT2D eigenvalue weighted by molar-refractivity contribution is 5.84. The van der Waals surface area contributed by atoms with Crippen LogP contribution in [0.3, 0.4) is 0 Å². The Bertz CT molecular complexity index is 784. The summed E-state index contributed by atoms with van der Waals surface area (Å²) in [5.74, 6) is 0.575. The monoisotopic (exact) mass is 326 g/mol. The molecule has 126 valence electrons. The van der Waals surface area contributed by atoms with E-state index < -0.39 is 6.10 Å². The average Bonchev–Trinajstić information content (AvgIpc) is 3.03. The van der Waals surface area contributed by atoms with Crippen molar-refractivity contribution < 1.29 is 14.3 Å². The Morgan fingerprint density at radius 3 is 3.00 bits per heavy atom. The molecular formula is C19H22N2O3. The Hall–Kier alpha value is -2.14. The molecule has 2 aliphatic rings. The van der Waals surface area contributed by atoms with Gasteiger partial charge < -0.3 is 14.4 Å². The number of amides is 1. The fourth-order valence-electron chi connectivity index (χ4n) is 3.48. The van der Waals surface area contributed by atoms with Crippen LogP contribution in [0.4, 0.5) is 0 Å². The number of rotatable bonds is 2. The SMILES string of the molecule is Cc1ccc2nc3c(cc2c1)CN(C[C@H]1CCCO1)C(=O)[C@@H](C)O3. The minimum absolute atomic E-state index is 0.00346. The molecule has 2 aliphatic heterocycles. The maximum Gasteiger partial charge on any atom is 0.263 e. The molecule has 2 aromatic rings. The molecule has 1 fully saturated rings. The van der Waals surface area contributed by atoms with Gasteiger partial charge in [-0.2, -0.15) is 0 Å². The normalized spacial score (nSPS) is 23.9. The number of benzene rings is 1. The number of hydrogen-bond donors (Lipinski definition) is 0. The van der Waals surface area contributed by atoms with Crippen LogP contribution in [0.5, 0.6) is 5.88 Å². The standard InChI is InChI=1S/C19H22N2O3/c1-12-5-6-17-14(8-12)9-15-10-21(11-16-4-3-7-23-16)19(22)13(2)24-18(15)20-17/h5-6,8-9,13,16H,3-4,7,10-11H2,1-2H3/t13-,16-/m1/s1. The fourth-order valence-corrected chi connectivity index (χ4v) is 3.48. The van der Waals surface area contributed by atoms with E-state index in [0.717, 1.165) is 35.9 Å². The minimum Gasteiger partial charge on any atom is -0.464 e. The number of carbonyl (C=O) groups excluding carboxylic acids is 1. The van der Waals surface area contributed by atoms with Gasteiger partial charge in [0.05, 0.1) is 18.2 Å². The van der Waals surface area contributed by atoms with Crippen LogP contribution in [0.2, 0.25) is 0 Å². The second-order valence-electron chi connectivity index (χ2n) is 6.76. The first-order chi connectivity index (χ1) is 11.6. The fraction of sp³-hybridized carbons (Fsp3) is 0.474. The van der Waals surface area contributed by atoms with Gasteiger partial charge in [-0.1, -0.05) is 11.6 Å². The summed E-state index contributed by atoms with van der Waals surface area (Å²) in [6, 6.07) is 8.24. The summed E-state index contributed by atoms with van der Waals surface area (Å²) in [7, 11) is 0. The van der Waals surface area contributed by atoms with E-state index >= 15 is 0 Å². The Morgan fingerprint density at radius 1 is 1.33 bits per heavy atom. The summed E-state index contributed by atoms with van der Waals surface area (Å²) in [4.78, 5) is 19.2. The lowest BCUT2D eigenvalue weighted by atomic mass is 10.1. The summed E-state index contributed by atoms with van der Waals surface area (Å²) < 4.78 is 11.6. The van der Waals surface area contributed by atoms with Gasteiger partial charge in [0.15, 0.2) is 6.10 Å². The van der Waals surface area contributed by atoms with E-state index in [-0.39, 0.29) is 12.0 Å². The van der Waals surface area contributed by atoms with Gasteiger partial charge in [-0.25, -0.2) is 4.98 Å². The number of ether oxygens (including phenoxy) is 2. The first-order valence-corrected chi connectivity index (χ1v) is 8.57. The minimum atomic E-state index is -0.525. The molecule has 1 saturated heterocycles. The molecule has 0 saturated carbocycles. The molecule has 0 aliphatic carbocycles. The third kappa shape index (κ3) is 2.84. The molecule has 5 heteroatoms. The smallest absolute Gasteiger partial charge is 0.263 e. The summed E-state index contributed by atoms with van der Waals surface area (Å²) in [6.07, 6.45) is 1.70. The molecule has 0 unspecified atom stereocenters. The van der Waals surface area contributed by atoms with Crippen LogP contribution >= 0.6 is 0 Å². The summed E-state index contributed by atoms with van der Waals surface area (Å²) in [6.45, 7) is 5.80. The molecule has 0 bridgehead atoms. The predicted octanol–water partition coefficient (Wildman–Crippen LogP) is 2.83. The van der Waals surface area contributed by atoms with Crippen LogP contribution in [0.25, 0.3) is 10.9 Å². The van der Waals surface area contributed by atoms with E-state index in [1.165, 1.54) is 5.56 Å². The zero-order valence-electron chi connectivity index (χ0n) is 14.1. The van der Waals surface area contributed by atoms with E-state index in [2.05, 4.69) is 24.0 Å². The number of aromatic nitrogens is 1. The highest BCUT2D eigenvalue weighted by Gasteiger charge is 2.31. The summed E-state index contributed by atoms with van der Waals surface area (Å²) in [5.41, 5.74) is 3.05. The van der Waals surface area contributed by atoms with Crippen molar-refractivity contribution in [1.82, 2.24) is 9.88 Å². The quantitative estimate of drug-likeness (QED) is 0.851. The second-order valence-corrected chi connectivity index (χ2v) is 6.76. The maximum absolute atomic E-state index is 12.7. The third-order valence-electron chi connectivity index (χ3n) is 4.77. The van der Waals surface area contributed by atoms with Crippen LogP contribution < -0.4 is 4.74 Å². The van der Waals surface area contributed by atoms with Crippen LogP contribution in [-0.2, 0) is 16.1 Å². The van der Waals surface area contributed by atoms with Gasteiger partial charge in [-0.3, -0.25) is 4.79 Å². The largest absolute Gasteiger partial charge is 0.464 e. The molecule has 24 heavy (non-hydrogen) atoms. The van der Waals surface area contributed by atoms with Crippen LogP contribution in [-0.4, -0.2) is 41.2 Å². The van der Waals surface area contributed by atoms with Crippen molar-refractivity contribution in [2.24, 2.45) is 0 Å². The topological polar surface area (TPSA) is 51.7 Å². The average molecular weight is 326 g/mol. The van der Waals surface area contributed by atoms with E-state index in [0.29, 0.717) is 19.0 Å². The van der Waals surface area contributed by atoms with Gasteiger partial charge in [0.2, 0.25) is 5.88 Å². The Kier molecular flexibility index (Phi) is 3.88. The lowest BCUT2D eigenvalue weighted by molar-refractivity contribution is -0.139. The van der Waals surface area contributed by atoms with Crippen LogP contribution in [0, 0.1) is 6.92 Å². The van der Waals surface area contributed by atoms with Crippen molar-refractivity contribution in [3.63, 3.8) is 0 Å². The van der Waals surface area contributed by atoms with Crippen molar-refractivity contribution in [2.45, 2.75) is 45.4 Å². The third-order valence-corrected chi connectivity index (χ3v) is 4.77. The van der Waals surface area contributed by atoms with Gasteiger partial charge in [0.25, 0.3) is 5.91 Å². The number of aryl methyl sites for hydroxylation is 1. The van der Waals surface area contributed by atoms with Crippen molar-refractivity contribution in [3.8, 4) is 5.88 Å². The van der Waals surface area contributed by atoms with Crippen LogP contribution in [0.15, 0.2) is 24.3 Å². The van der Waals surface area contributed by atoms with E-state index in [1.807, 2.05) is 17.0 Å². The van der Waals surface area contributed by atoms with Gasteiger partial charge in [0, 0.05) is 24.1 Å². The molecular weight excluding hydrogens is 304 g/mol. The number of hydrogen-bond acceptors (Lipinski definition) is 4. The van der Waals surface area contributed by atoms with Gasteiger partial charge in [-0.05, 0) is 44.9 Å². The molecule has 0 spiro atoms. The molecule has 1 aromatic heterocycles. The summed E-state index contributed by atoms with van der Waals surface area (Å²) >= 11 is 0. The van der Waals surface area contributed by atoms with Gasteiger partial charge >= 0.3 is 0 Å². The molecule has 1 aromatic carbocycles. The highest BCUT2D eigenvalue weighted by Crippen LogP contribution is 2.29. The highest BCUT2D eigenvalue weighted by atomic mass is 16.5. The Balaban J connectivity index is 1.69. The van der Waals surface area contributed by atoms with Gasteiger partial charge in [-0.15, -0.1) is 0 Å². The second kappa shape index (κ2) is 6.06. The van der Waals surface area contributed by atoms with Crippen molar-refractivity contribution >= 4 is 16.8 Å². The maximum atomic E-state index is 12.7. The van der Waals surface area contributed by atoms with Crippen molar-refractivity contribution in [2.75, 3.05) is 13.2 Å². The first-order valence-electron chi connectivity index (χ1n) is 8.57. The number of pyridine rings is 1. The zero-order valence-corrected chi connectivity index (χ0v) is 14.1. The zero-order chi connectivity index (χ0) is 16.7. The van der Waals surface area contributed by atoms with Crippen LogP contribution in [0.1, 0.15) is 30.9 Å². The number of carbonyl (C=O) groups is 1. The lowest BCUT2D eigenvalue weighted by Gasteiger charge is -2.24. The van der Waals surface area contributed by atoms with Gasteiger partial charge in [0.1, 0.15) is 0 Å². The Morgan fingerprint density at radius 2 is 2.21 bits per heavy atom. The molecule has 5 nitrogen and oxygen atoms in total. The lowest BCUT2D eigenvalue weighted by Crippen LogP contribution is -2.41. The number of nitrogens with zero attached hydrogens (tertiary/aromatic N) is 2. The van der Waals surface area contributed by atoms with E-state index in [9.17, 15) is 4.79 Å². The predicted molar refractivity (Wildman–Crippen MR) is 91.0 cm³/mol. The molecule has 0 N–H and O–H groups in total. The first kappa shape index (κ1) is 15.4. The molecule has 4 rings (SSSR count). The van der Waals surface area contributed by atoms with Crippen molar-refractivity contribution in [1.29, 1.82) is 0 Å². The van der Waals surface area contributed by atoms with Crippen molar-refractivity contribution in [3.05, 3.63) is 35.4 Å². The molecule has 2 atom stereocenters. The molecule has 1 amide bonds. The molecule has 0 radical (unpaired) electrons. The number of fused-ring (bicyclic) bond motifs is 2. The van der Waals surface area contributed by atoms with E-state index in [1.54, 1.807) is 6.92 Å². The summed E-state index contributed by atoms with van der Waals surface area (Å²) in [5, 5.41) is 1.08.